The third kappa shape index (κ3) is 5.15. The van der Waals surface area contributed by atoms with Crippen molar-refractivity contribution in [2.45, 2.75) is 19.4 Å². The lowest BCUT2D eigenvalue weighted by Gasteiger charge is -2.24. The summed E-state index contributed by atoms with van der Waals surface area (Å²) >= 11 is 0. The summed E-state index contributed by atoms with van der Waals surface area (Å²) in [5, 5.41) is 10.1. The summed E-state index contributed by atoms with van der Waals surface area (Å²) in [6, 6.07) is 3.90. The van der Waals surface area contributed by atoms with Crippen molar-refractivity contribution in [2.75, 3.05) is 40.3 Å². The Morgan fingerprint density at radius 1 is 1.20 bits per heavy atom. The van der Waals surface area contributed by atoms with Crippen molar-refractivity contribution in [2.24, 2.45) is 0 Å². The summed E-state index contributed by atoms with van der Waals surface area (Å²) in [5.41, 5.74) is 0.0241. The smallest absolute Gasteiger partial charge is 0.164 e. The second kappa shape index (κ2) is 8.29. The lowest BCUT2D eigenvalue weighted by Crippen LogP contribution is -2.31. The zero-order valence-electron chi connectivity index (χ0n) is 12.4. The van der Waals surface area contributed by atoms with Gasteiger partial charge in [-0.2, -0.15) is 0 Å². The molecule has 1 aromatic carbocycles. The molecule has 20 heavy (non-hydrogen) atoms. The number of halogens is 2. The minimum atomic E-state index is -1.01. The zero-order valence-corrected chi connectivity index (χ0v) is 12.4. The maximum atomic E-state index is 13.6. The van der Waals surface area contributed by atoms with Crippen LogP contribution in [-0.4, -0.2) is 55.2 Å². The average molecular weight is 286 g/mol. The van der Waals surface area contributed by atoms with E-state index in [2.05, 4.69) is 4.90 Å². The molecule has 1 unspecified atom stereocenters. The largest absolute Gasteiger partial charge is 0.387 e. The van der Waals surface area contributed by atoms with Gasteiger partial charge >= 0.3 is 0 Å². The maximum Gasteiger partial charge on any atom is 0.164 e. The molecule has 0 amide bonds. The van der Waals surface area contributed by atoms with Crippen LogP contribution >= 0.6 is 0 Å². The SMILES string of the molecule is CCN(CCCN(C)C)CC(O)c1cccc(F)c1F. The van der Waals surface area contributed by atoms with Crippen molar-refractivity contribution in [3.63, 3.8) is 0 Å². The molecule has 0 fully saturated rings. The molecule has 0 aliphatic rings. The fourth-order valence-corrected chi connectivity index (χ4v) is 2.11. The number of likely N-dealkylation sites (N-methyl/N-ethyl adjacent to an activating group) is 1. The van der Waals surface area contributed by atoms with Crippen molar-refractivity contribution < 1.29 is 13.9 Å². The fourth-order valence-electron chi connectivity index (χ4n) is 2.11. The number of rotatable bonds is 8. The molecule has 0 heterocycles. The summed E-state index contributed by atoms with van der Waals surface area (Å²) in [4.78, 5) is 4.13. The predicted molar refractivity (Wildman–Crippen MR) is 76.6 cm³/mol. The molecule has 0 aliphatic heterocycles. The Morgan fingerprint density at radius 3 is 2.50 bits per heavy atom. The lowest BCUT2D eigenvalue weighted by atomic mass is 10.1. The zero-order chi connectivity index (χ0) is 15.1. The van der Waals surface area contributed by atoms with E-state index >= 15 is 0 Å². The Bertz CT molecular complexity index is 413. The van der Waals surface area contributed by atoms with E-state index in [1.54, 1.807) is 0 Å². The molecule has 0 radical (unpaired) electrons. The van der Waals surface area contributed by atoms with E-state index in [1.807, 2.05) is 25.9 Å². The first-order chi connectivity index (χ1) is 9.45. The molecule has 1 atom stereocenters. The second-order valence-electron chi connectivity index (χ2n) is 5.21. The van der Waals surface area contributed by atoms with E-state index in [1.165, 1.54) is 12.1 Å². The molecule has 3 nitrogen and oxygen atoms in total. The van der Waals surface area contributed by atoms with Gasteiger partial charge in [-0.05, 0) is 46.2 Å². The highest BCUT2D eigenvalue weighted by atomic mass is 19.2. The van der Waals surface area contributed by atoms with E-state index in [0.29, 0.717) is 6.54 Å². The summed E-state index contributed by atoms with van der Waals surface area (Å²) < 4.78 is 26.7. The molecule has 1 rings (SSSR count). The third-order valence-corrected chi connectivity index (χ3v) is 3.30. The summed E-state index contributed by atoms with van der Waals surface area (Å²) in [7, 11) is 4.01. The van der Waals surface area contributed by atoms with E-state index < -0.39 is 17.7 Å². The van der Waals surface area contributed by atoms with Crippen molar-refractivity contribution in [1.82, 2.24) is 9.80 Å². The summed E-state index contributed by atoms with van der Waals surface area (Å²) in [6.07, 6.45) is -0.0378. The number of benzene rings is 1. The van der Waals surface area contributed by atoms with Crippen molar-refractivity contribution in [3.05, 3.63) is 35.4 Å². The van der Waals surface area contributed by atoms with Crippen LogP contribution in [-0.2, 0) is 0 Å². The quantitative estimate of drug-likeness (QED) is 0.794. The van der Waals surface area contributed by atoms with Gasteiger partial charge in [0.05, 0.1) is 6.10 Å². The molecule has 5 heteroatoms. The second-order valence-corrected chi connectivity index (χ2v) is 5.21. The topological polar surface area (TPSA) is 26.7 Å². The molecule has 0 saturated heterocycles. The van der Waals surface area contributed by atoms with E-state index in [-0.39, 0.29) is 5.56 Å². The molecule has 0 aromatic heterocycles. The van der Waals surface area contributed by atoms with E-state index in [0.717, 1.165) is 32.1 Å². The monoisotopic (exact) mass is 286 g/mol. The van der Waals surface area contributed by atoms with Crippen LogP contribution in [0, 0.1) is 11.6 Å². The third-order valence-electron chi connectivity index (χ3n) is 3.30. The number of hydrogen-bond acceptors (Lipinski definition) is 3. The average Bonchev–Trinajstić information content (AvgIpc) is 2.40. The van der Waals surface area contributed by atoms with Crippen LogP contribution in [0.15, 0.2) is 18.2 Å². The Kier molecular flexibility index (Phi) is 7.05. The van der Waals surface area contributed by atoms with Crippen LogP contribution in [0.3, 0.4) is 0 Å². The van der Waals surface area contributed by atoms with Crippen LogP contribution in [0.5, 0.6) is 0 Å². The number of aliphatic hydroxyl groups excluding tert-OH is 1. The summed E-state index contributed by atoms with van der Waals surface area (Å²) in [5.74, 6) is -1.87. The first-order valence-electron chi connectivity index (χ1n) is 6.94. The van der Waals surface area contributed by atoms with Gasteiger partial charge in [-0.25, -0.2) is 8.78 Å². The van der Waals surface area contributed by atoms with E-state index in [4.69, 9.17) is 0 Å². The van der Waals surface area contributed by atoms with Crippen LogP contribution in [0.4, 0.5) is 8.78 Å². The van der Waals surface area contributed by atoms with Crippen LogP contribution < -0.4 is 0 Å². The highest BCUT2D eigenvalue weighted by Gasteiger charge is 2.18. The molecule has 1 aromatic rings. The van der Waals surface area contributed by atoms with Gasteiger partial charge in [0, 0.05) is 12.1 Å². The molecule has 0 spiro atoms. The van der Waals surface area contributed by atoms with Gasteiger partial charge in [0.15, 0.2) is 11.6 Å². The normalized spacial score (nSPS) is 13.2. The number of aliphatic hydroxyl groups is 1. The minimum Gasteiger partial charge on any atom is -0.387 e. The molecule has 0 bridgehead atoms. The van der Waals surface area contributed by atoms with Crippen LogP contribution in [0.2, 0.25) is 0 Å². The van der Waals surface area contributed by atoms with Gasteiger partial charge in [-0.15, -0.1) is 0 Å². The van der Waals surface area contributed by atoms with Gasteiger partial charge in [0.25, 0.3) is 0 Å². The van der Waals surface area contributed by atoms with Crippen molar-refractivity contribution >= 4 is 0 Å². The molecular formula is C15H24F2N2O. The minimum absolute atomic E-state index is 0.0241. The van der Waals surface area contributed by atoms with Gasteiger partial charge in [-0.1, -0.05) is 19.1 Å². The van der Waals surface area contributed by atoms with Crippen LogP contribution in [0.25, 0.3) is 0 Å². The Morgan fingerprint density at radius 2 is 1.90 bits per heavy atom. The predicted octanol–water partition coefficient (Wildman–Crippen LogP) is 2.27. The first-order valence-corrected chi connectivity index (χ1v) is 6.94. The molecule has 114 valence electrons. The lowest BCUT2D eigenvalue weighted by molar-refractivity contribution is 0.110. The standard InChI is InChI=1S/C15H24F2N2O/c1-4-19(10-6-9-18(2)3)11-14(20)12-7-5-8-13(16)15(12)17/h5,7-8,14,20H,4,6,9-11H2,1-3H3. The Balaban J connectivity index is 2.58. The molecule has 0 saturated carbocycles. The van der Waals surface area contributed by atoms with Gasteiger partial charge < -0.3 is 14.9 Å². The number of nitrogens with zero attached hydrogens (tertiary/aromatic N) is 2. The number of hydrogen-bond donors (Lipinski definition) is 1. The van der Waals surface area contributed by atoms with Gasteiger partial charge in [0.1, 0.15) is 0 Å². The molecule has 1 N–H and O–H groups in total. The fraction of sp³-hybridized carbons (Fsp3) is 0.600. The van der Waals surface area contributed by atoms with E-state index in [9.17, 15) is 13.9 Å². The Hall–Kier alpha value is -1.04. The Labute approximate surface area is 119 Å². The highest BCUT2D eigenvalue weighted by Crippen LogP contribution is 2.20. The summed E-state index contributed by atoms with van der Waals surface area (Å²) in [6.45, 7) is 4.85. The van der Waals surface area contributed by atoms with Crippen molar-refractivity contribution in [3.8, 4) is 0 Å². The molecule has 0 aliphatic carbocycles. The van der Waals surface area contributed by atoms with Gasteiger partial charge in [-0.3, -0.25) is 0 Å². The van der Waals surface area contributed by atoms with Gasteiger partial charge in [0.2, 0.25) is 0 Å². The van der Waals surface area contributed by atoms with Crippen LogP contribution in [0.1, 0.15) is 25.0 Å². The highest BCUT2D eigenvalue weighted by molar-refractivity contribution is 5.21. The first kappa shape index (κ1) is 17.0. The maximum absolute atomic E-state index is 13.6. The van der Waals surface area contributed by atoms with Crippen molar-refractivity contribution in [1.29, 1.82) is 0 Å². The molecular weight excluding hydrogens is 262 g/mol.